The van der Waals surface area contributed by atoms with E-state index < -0.39 is 6.36 Å². The summed E-state index contributed by atoms with van der Waals surface area (Å²) >= 11 is 0. The highest BCUT2D eigenvalue weighted by Gasteiger charge is 2.31. The summed E-state index contributed by atoms with van der Waals surface area (Å²) in [5.41, 5.74) is 2.14. The number of hydrogen-bond donors (Lipinski definition) is 0. The number of hydrogen-bond acceptors (Lipinski definition) is 5. The van der Waals surface area contributed by atoms with Crippen LogP contribution in [0, 0.1) is 0 Å². The Labute approximate surface area is 157 Å². The Kier molecular flexibility index (Phi) is 4.34. The summed E-state index contributed by atoms with van der Waals surface area (Å²) in [6.45, 7) is 0. The van der Waals surface area contributed by atoms with E-state index in [1.54, 1.807) is 47.3 Å². The van der Waals surface area contributed by atoms with Gasteiger partial charge in [0.1, 0.15) is 11.4 Å². The van der Waals surface area contributed by atoms with Crippen molar-refractivity contribution in [2.75, 3.05) is 7.11 Å². The number of imidazole rings is 1. The summed E-state index contributed by atoms with van der Waals surface area (Å²) in [5, 5.41) is 0. The first-order chi connectivity index (χ1) is 13.4. The first-order valence-corrected chi connectivity index (χ1v) is 8.15. The number of alkyl halides is 3. The molecule has 0 unspecified atom stereocenters. The molecule has 3 aromatic heterocycles. The van der Waals surface area contributed by atoms with Crippen LogP contribution in [-0.2, 0) is 0 Å². The molecule has 0 N–H and O–H groups in total. The lowest BCUT2D eigenvalue weighted by molar-refractivity contribution is -0.274. The van der Waals surface area contributed by atoms with Crippen molar-refractivity contribution in [3.05, 3.63) is 60.9 Å². The minimum absolute atomic E-state index is 0.332. The maximum absolute atomic E-state index is 12.5. The second-order valence-corrected chi connectivity index (χ2v) is 5.74. The zero-order valence-electron chi connectivity index (χ0n) is 14.5. The van der Waals surface area contributed by atoms with Crippen LogP contribution in [0.25, 0.3) is 28.2 Å². The van der Waals surface area contributed by atoms with E-state index in [0.717, 1.165) is 0 Å². The first-order valence-electron chi connectivity index (χ1n) is 8.15. The van der Waals surface area contributed by atoms with Crippen molar-refractivity contribution in [1.82, 2.24) is 19.5 Å². The molecule has 0 saturated heterocycles. The Morgan fingerprint density at radius 2 is 1.86 bits per heavy atom. The number of halogens is 3. The number of benzene rings is 1. The van der Waals surface area contributed by atoms with Gasteiger partial charge in [-0.3, -0.25) is 9.55 Å². The molecule has 0 amide bonds. The lowest BCUT2D eigenvalue weighted by Gasteiger charge is -2.10. The summed E-state index contributed by atoms with van der Waals surface area (Å²) < 4.78 is 48.5. The summed E-state index contributed by atoms with van der Waals surface area (Å²) in [4.78, 5) is 13.0. The van der Waals surface area contributed by atoms with Crippen molar-refractivity contribution >= 4 is 11.0 Å². The van der Waals surface area contributed by atoms with Gasteiger partial charge in [-0.15, -0.1) is 13.2 Å². The van der Waals surface area contributed by atoms with Crippen LogP contribution >= 0.6 is 0 Å². The van der Waals surface area contributed by atoms with Crippen LogP contribution < -0.4 is 9.47 Å². The molecule has 0 radical (unpaired) electrons. The standard InChI is InChI=1S/C19H13F3N4O2/c1-27-17-8-5-12(11-24-17)26-16-7-6-13(28-19(20,21)22)10-15(16)25-18(26)14-4-2-3-9-23-14/h2-11H,1H3. The molecule has 0 saturated carbocycles. The molecule has 142 valence electrons. The number of rotatable bonds is 4. The highest BCUT2D eigenvalue weighted by molar-refractivity contribution is 5.83. The topological polar surface area (TPSA) is 62.1 Å². The van der Waals surface area contributed by atoms with Crippen LogP contribution in [-0.4, -0.2) is 33.0 Å². The van der Waals surface area contributed by atoms with Gasteiger partial charge in [-0.2, -0.15) is 0 Å². The first kappa shape index (κ1) is 17.8. The number of methoxy groups -OCH3 is 1. The van der Waals surface area contributed by atoms with E-state index in [2.05, 4.69) is 19.7 Å². The van der Waals surface area contributed by atoms with Gasteiger partial charge in [0, 0.05) is 18.3 Å². The molecule has 4 rings (SSSR count). The molecule has 6 nitrogen and oxygen atoms in total. The molecule has 0 aliphatic carbocycles. The molecular formula is C19H13F3N4O2. The number of fused-ring (bicyclic) bond motifs is 1. The molecule has 0 bridgehead atoms. The minimum atomic E-state index is -4.78. The van der Waals surface area contributed by atoms with E-state index in [9.17, 15) is 13.2 Å². The Morgan fingerprint density at radius 3 is 2.50 bits per heavy atom. The van der Waals surface area contributed by atoms with E-state index in [0.29, 0.717) is 34.1 Å². The zero-order chi connectivity index (χ0) is 19.7. The van der Waals surface area contributed by atoms with Crippen molar-refractivity contribution in [2.45, 2.75) is 6.36 Å². The summed E-state index contributed by atoms with van der Waals surface area (Å²) in [6, 6.07) is 12.8. The number of pyridine rings is 2. The van der Waals surface area contributed by atoms with Gasteiger partial charge in [0.15, 0.2) is 5.82 Å². The summed E-state index contributed by atoms with van der Waals surface area (Å²) in [6.07, 6.45) is -1.57. The fraction of sp³-hybridized carbons (Fsp3) is 0.105. The van der Waals surface area contributed by atoms with Gasteiger partial charge in [0.2, 0.25) is 5.88 Å². The number of ether oxygens (including phenoxy) is 2. The molecule has 28 heavy (non-hydrogen) atoms. The van der Waals surface area contributed by atoms with E-state index in [4.69, 9.17) is 4.74 Å². The lowest BCUT2D eigenvalue weighted by atomic mass is 10.3. The fourth-order valence-corrected chi connectivity index (χ4v) is 2.81. The van der Waals surface area contributed by atoms with Gasteiger partial charge < -0.3 is 9.47 Å². The Bertz CT molecular complexity index is 1110. The van der Waals surface area contributed by atoms with Crippen molar-refractivity contribution in [2.24, 2.45) is 0 Å². The predicted octanol–water partition coefficient (Wildman–Crippen LogP) is 4.39. The lowest BCUT2D eigenvalue weighted by Crippen LogP contribution is -2.17. The molecule has 0 aliphatic rings. The highest BCUT2D eigenvalue weighted by atomic mass is 19.4. The third-order valence-electron chi connectivity index (χ3n) is 3.94. The van der Waals surface area contributed by atoms with Gasteiger partial charge >= 0.3 is 6.36 Å². The zero-order valence-corrected chi connectivity index (χ0v) is 14.5. The molecule has 4 aromatic rings. The predicted molar refractivity (Wildman–Crippen MR) is 95.3 cm³/mol. The maximum atomic E-state index is 12.5. The molecule has 0 fully saturated rings. The van der Waals surface area contributed by atoms with E-state index in [-0.39, 0.29) is 5.75 Å². The Morgan fingerprint density at radius 1 is 1.00 bits per heavy atom. The molecular weight excluding hydrogens is 373 g/mol. The molecule has 0 aliphatic heterocycles. The second-order valence-electron chi connectivity index (χ2n) is 5.74. The maximum Gasteiger partial charge on any atom is 0.573 e. The highest BCUT2D eigenvalue weighted by Crippen LogP contribution is 2.31. The number of aromatic nitrogens is 4. The van der Waals surface area contributed by atoms with Gasteiger partial charge in [-0.1, -0.05) is 6.07 Å². The van der Waals surface area contributed by atoms with Crippen LogP contribution in [0.5, 0.6) is 11.6 Å². The van der Waals surface area contributed by atoms with Crippen LogP contribution in [0.3, 0.4) is 0 Å². The molecule has 1 aromatic carbocycles. The Balaban J connectivity index is 1.91. The smallest absolute Gasteiger partial charge is 0.481 e. The van der Waals surface area contributed by atoms with Crippen molar-refractivity contribution in [3.63, 3.8) is 0 Å². The largest absolute Gasteiger partial charge is 0.573 e. The van der Waals surface area contributed by atoms with E-state index in [1.807, 2.05) is 0 Å². The molecule has 9 heteroatoms. The Hall–Kier alpha value is -3.62. The second kappa shape index (κ2) is 6.84. The molecule has 0 atom stereocenters. The van der Waals surface area contributed by atoms with Crippen LogP contribution in [0.15, 0.2) is 60.9 Å². The molecule has 3 heterocycles. The average Bonchev–Trinajstić information content (AvgIpc) is 3.06. The van der Waals surface area contributed by atoms with Crippen molar-refractivity contribution in [1.29, 1.82) is 0 Å². The molecule has 0 spiro atoms. The normalized spacial score (nSPS) is 11.6. The van der Waals surface area contributed by atoms with Crippen LogP contribution in [0.4, 0.5) is 13.2 Å². The van der Waals surface area contributed by atoms with Gasteiger partial charge in [0.05, 0.1) is 30.0 Å². The average molecular weight is 386 g/mol. The van der Waals surface area contributed by atoms with E-state index in [1.165, 1.54) is 25.3 Å². The van der Waals surface area contributed by atoms with Gasteiger partial charge in [-0.05, 0) is 30.3 Å². The van der Waals surface area contributed by atoms with Gasteiger partial charge in [-0.25, -0.2) is 9.97 Å². The van der Waals surface area contributed by atoms with Crippen LogP contribution in [0.1, 0.15) is 0 Å². The monoisotopic (exact) mass is 386 g/mol. The van der Waals surface area contributed by atoms with Crippen molar-refractivity contribution < 1.29 is 22.6 Å². The third kappa shape index (κ3) is 3.46. The summed E-state index contributed by atoms with van der Waals surface area (Å²) in [7, 11) is 1.51. The number of nitrogens with zero attached hydrogens (tertiary/aromatic N) is 4. The third-order valence-corrected chi connectivity index (χ3v) is 3.94. The minimum Gasteiger partial charge on any atom is -0.481 e. The fourth-order valence-electron chi connectivity index (χ4n) is 2.81. The van der Waals surface area contributed by atoms with E-state index >= 15 is 0 Å². The SMILES string of the molecule is COc1ccc(-n2c(-c3ccccn3)nc3cc(OC(F)(F)F)ccc32)cn1. The van der Waals surface area contributed by atoms with Crippen molar-refractivity contribution in [3.8, 4) is 28.8 Å². The quantitative estimate of drug-likeness (QED) is 0.521. The van der Waals surface area contributed by atoms with Gasteiger partial charge in [0.25, 0.3) is 0 Å². The summed E-state index contributed by atoms with van der Waals surface area (Å²) in [5.74, 6) is 0.560. The van der Waals surface area contributed by atoms with Crippen LogP contribution in [0.2, 0.25) is 0 Å².